The molecule has 1 N–H and O–H groups in total. The molecule has 5 rings (SSSR count). The zero-order chi connectivity index (χ0) is 23.5. The molecule has 1 saturated heterocycles. The molecular weight excluding hydrogens is 431 g/mol. The number of benzene rings is 2. The summed E-state index contributed by atoms with van der Waals surface area (Å²) >= 11 is 0. The summed E-state index contributed by atoms with van der Waals surface area (Å²) in [4.78, 5) is 22.2. The Balaban J connectivity index is 1.37. The number of carbonyl (C=O) groups excluding carboxylic acids is 1. The van der Waals surface area contributed by atoms with Gasteiger partial charge in [-0.15, -0.1) is 0 Å². The van der Waals surface area contributed by atoms with E-state index in [4.69, 9.17) is 4.74 Å². The number of methoxy groups -OCH3 is 1. The first-order chi connectivity index (χ1) is 16.6. The number of rotatable bonds is 6. The van der Waals surface area contributed by atoms with Gasteiger partial charge in [0.25, 0.3) is 0 Å². The summed E-state index contributed by atoms with van der Waals surface area (Å²) in [6, 6.07) is 16.7. The molecule has 0 unspecified atom stereocenters. The van der Waals surface area contributed by atoms with Crippen molar-refractivity contribution in [3.05, 3.63) is 89.5 Å². The predicted octanol–water partition coefficient (Wildman–Crippen LogP) is 3.41. The average Bonchev–Trinajstić information content (AvgIpc) is 2.88. The van der Waals surface area contributed by atoms with Crippen LogP contribution in [0.4, 0.5) is 10.1 Å². The highest BCUT2D eigenvalue weighted by molar-refractivity contribution is 5.82. The first-order valence-electron chi connectivity index (χ1n) is 11.7. The molecule has 1 fully saturated rings. The Morgan fingerprint density at radius 1 is 1.09 bits per heavy atom. The molecule has 0 spiro atoms. The topological polar surface area (TPSA) is 57.7 Å². The highest BCUT2D eigenvalue weighted by Crippen LogP contribution is 2.38. The second-order valence-electron chi connectivity index (χ2n) is 9.00. The number of aromatic nitrogens is 1. The number of pyridine rings is 1. The van der Waals surface area contributed by atoms with Crippen LogP contribution in [0.2, 0.25) is 0 Å². The summed E-state index contributed by atoms with van der Waals surface area (Å²) in [7, 11) is 1.68. The van der Waals surface area contributed by atoms with Gasteiger partial charge in [-0.3, -0.25) is 14.7 Å². The van der Waals surface area contributed by atoms with Gasteiger partial charge >= 0.3 is 0 Å². The maximum Gasteiger partial charge on any atom is 0.225 e. The molecule has 2 aliphatic rings. The minimum absolute atomic E-state index is 0.0474. The third kappa shape index (κ3) is 4.75. The Labute approximate surface area is 199 Å². The summed E-state index contributed by atoms with van der Waals surface area (Å²) in [5.41, 5.74) is 4.44. The summed E-state index contributed by atoms with van der Waals surface area (Å²) in [6.07, 6.45) is 4.16. The van der Waals surface area contributed by atoms with Gasteiger partial charge in [-0.1, -0.05) is 18.2 Å². The minimum Gasteiger partial charge on any atom is -0.497 e. The molecule has 2 atom stereocenters. The van der Waals surface area contributed by atoms with E-state index in [1.54, 1.807) is 19.5 Å². The van der Waals surface area contributed by atoms with E-state index in [1.807, 2.05) is 30.3 Å². The molecule has 0 bridgehead atoms. The lowest BCUT2D eigenvalue weighted by Crippen LogP contribution is -2.60. The van der Waals surface area contributed by atoms with Crippen LogP contribution < -0.4 is 15.0 Å². The number of ether oxygens (including phenoxy) is 1. The lowest BCUT2D eigenvalue weighted by Gasteiger charge is -2.49. The number of anilines is 1. The average molecular weight is 461 g/mol. The van der Waals surface area contributed by atoms with Crippen molar-refractivity contribution in [1.82, 2.24) is 15.2 Å². The van der Waals surface area contributed by atoms with Gasteiger partial charge in [0.2, 0.25) is 5.91 Å². The van der Waals surface area contributed by atoms with Crippen LogP contribution in [-0.4, -0.2) is 48.6 Å². The highest BCUT2D eigenvalue weighted by Gasteiger charge is 2.41. The fraction of sp³-hybridized carbons (Fsp3) is 0.333. The molecule has 3 heterocycles. The van der Waals surface area contributed by atoms with E-state index >= 15 is 0 Å². The van der Waals surface area contributed by atoms with Gasteiger partial charge in [0.15, 0.2) is 0 Å². The van der Waals surface area contributed by atoms with Crippen molar-refractivity contribution in [2.24, 2.45) is 5.92 Å². The van der Waals surface area contributed by atoms with Crippen LogP contribution in [0, 0.1) is 11.7 Å². The van der Waals surface area contributed by atoms with E-state index in [1.165, 1.54) is 17.7 Å². The molecular formula is C27H29FN4O2. The van der Waals surface area contributed by atoms with Gasteiger partial charge in [-0.25, -0.2) is 4.39 Å². The van der Waals surface area contributed by atoms with Crippen molar-refractivity contribution in [3.63, 3.8) is 0 Å². The number of fused-ring (bicyclic) bond motifs is 3. The van der Waals surface area contributed by atoms with E-state index < -0.39 is 0 Å². The molecule has 2 aromatic carbocycles. The molecule has 2 aliphatic heterocycles. The molecule has 176 valence electrons. The van der Waals surface area contributed by atoms with Gasteiger partial charge in [0.1, 0.15) is 11.6 Å². The number of halogens is 1. The quantitative estimate of drug-likeness (QED) is 0.611. The summed E-state index contributed by atoms with van der Waals surface area (Å²) in [5.74, 6) is 0.500. The minimum atomic E-state index is -0.225. The van der Waals surface area contributed by atoms with Crippen molar-refractivity contribution in [3.8, 4) is 5.75 Å². The monoisotopic (exact) mass is 460 g/mol. The molecule has 0 aliphatic carbocycles. The fourth-order valence-electron chi connectivity index (χ4n) is 5.08. The van der Waals surface area contributed by atoms with Gasteiger partial charge < -0.3 is 15.0 Å². The second kappa shape index (κ2) is 9.81. The van der Waals surface area contributed by atoms with Crippen molar-refractivity contribution < 1.29 is 13.9 Å². The zero-order valence-electron chi connectivity index (χ0n) is 19.3. The number of nitrogens with zero attached hydrogens (tertiary/aromatic N) is 3. The van der Waals surface area contributed by atoms with Gasteiger partial charge in [0.05, 0.1) is 19.1 Å². The largest absolute Gasteiger partial charge is 0.497 e. The fourth-order valence-corrected chi connectivity index (χ4v) is 5.08. The van der Waals surface area contributed by atoms with E-state index in [0.29, 0.717) is 13.0 Å². The molecule has 0 radical (unpaired) electrons. The van der Waals surface area contributed by atoms with Crippen molar-refractivity contribution >= 4 is 11.6 Å². The van der Waals surface area contributed by atoms with Crippen LogP contribution in [0.1, 0.15) is 16.7 Å². The maximum atomic E-state index is 13.4. The Hall–Kier alpha value is -3.45. The first-order valence-corrected chi connectivity index (χ1v) is 11.7. The van der Waals surface area contributed by atoms with E-state index in [-0.39, 0.29) is 23.7 Å². The van der Waals surface area contributed by atoms with Crippen molar-refractivity contribution in [1.29, 1.82) is 0 Å². The van der Waals surface area contributed by atoms with Crippen LogP contribution in [-0.2, 0) is 24.3 Å². The van der Waals surface area contributed by atoms with E-state index in [0.717, 1.165) is 48.7 Å². The van der Waals surface area contributed by atoms with Gasteiger partial charge in [-0.05, 0) is 53.4 Å². The number of amides is 1. The summed E-state index contributed by atoms with van der Waals surface area (Å²) in [5, 5.41) is 3.15. The standard InChI is InChI=1S/C27H29FN4O2/c1-34-23-7-4-21-14-24(27(33)30-16-19-8-10-29-11-9-19)26-18-31(12-13-32(26)25(21)15-23)17-20-2-5-22(28)6-3-20/h2-11,15,24,26H,12-14,16-18H2,1H3,(H,30,33)/t24-,26+/m0/s1. The van der Waals surface area contributed by atoms with Gasteiger partial charge in [-0.2, -0.15) is 0 Å². The van der Waals surface area contributed by atoms with Crippen LogP contribution in [0.15, 0.2) is 67.0 Å². The first kappa shape index (κ1) is 22.3. The Kier molecular flexibility index (Phi) is 6.45. The smallest absolute Gasteiger partial charge is 0.225 e. The third-order valence-corrected chi connectivity index (χ3v) is 6.88. The number of hydrogen-bond acceptors (Lipinski definition) is 5. The second-order valence-corrected chi connectivity index (χ2v) is 9.00. The lowest BCUT2D eigenvalue weighted by atomic mass is 9.83. The Morgan fingerprint density at radius 3 is 2.65 bits per heavy atom. The zero-order valence-corrected chi connectivity index (χ0v) is 19.3. The van der Waals surface area contributed by atoms with Crippen molar-refractivity contribution in [2.75, 3.05) is 31.6 Å². The Bertz CT molecular complexity index is 1140. The SMILES string of the molecule is COc1ccc2c(c1)N1CCN(Cc3ccc(F)cc3)C[C@@H]1[C@@H](C(=O)NCc1ccncc1)C2. The third-order valence-electron chi connectivity index (χ3n) is 6.88. The normalized spacial score (nSPS) is 19.8. The van der Waals surface area contributed by atoms with Crippen LogP contribution in [0.5, 0.6) is 5.75 Å². The molecule has 1 aromatic heterocycles. The van der Waals surface area contributed by atoms with Crippen LogP contribution in [0.3, 0.4) is 0 Å². The van der Waals surface area contributed by atoms with Crippen LogP contribution in [0.25, 0.3) is 0 Å². The molecule has 34 heavy (non-hydrogen) atoms. The van der Waals surface area contributed by atoms with Crippen LogP contribution >= 0.6 is 0 Å². The molecule has 6 nitrogen and oxygen atoms in total. The van der Waals surface area contributed by atoms with E-state index in [2.05, 4.69) is 32.2 Å². The Morgan fingerprint density at radius 2 is 1.88 bits per heavy atom. The van der Waals surface area contributed by atoms with Gasteiger partial charge in [0, 0.05) is 56.9 Å². The molecule has 3 aromatic rings. The van der Waals surface area contributed by atoms with E-state index in [9.17, 15) is 9.18 Å². The highest BCUT2D eigenvalue weighted by atomic mass is 19.1. The molecule has 0 saturated carbocycles. The number of piperazine rings is 1. The molecule has 7 heteroatoms. The summed E-state index contributed by atoms with van der Waals surface area (Å²) < 4.78 is 18.8. The number of hydrogen-bond donors (Lipinski definition) is 1. The molecule has 1 amide bonds. The predicted molar refractivity (Wildman–Crippen MR) is 129 cm³/mol. The number of nitrogens with one attached hydrogen (secondary N) is 1. The maximum absolute atomic E-state index is 13.4. The lowest BCUT2D eigenvalue weighted by molar-refractivity contribution is -0.126. The summed E-state index contributed by atoms with van der Waals surface area (Å²) in [6.45, 7) is 3.68. The number of carbonyl (C=O) groups is 1. The van der Waals surface area contributed by atoms with Crippen molar-refractivity contribution in [2.45, 2.75) is 25.6 Å².